The second kappa shape index (κ2) is 8.57. The first-order chi connectivity index (χ1) is 8.36. The minimum atomic E-state index is 0.755. The van der Waals surface area contributed by atoms with Gasteiger partial charge < -0.3 is 5.21 Å². The van der Waals surface area contributed by atoms with Crippen LogP contribution < -0.4 is 0 Å². The van der Waals surface area contributed by atoms with Gasteiger partial charge in [0.1, 0.15) is 0 Å². The predicted molar refractivity (Wildman–Crippen MR) is 73.5 cm³/mol. The first-order valence-corrected chi connectivity index (χ1v) is 6.31. The molecule has 1 aromatic rings. The van der Waals surface area contributed by atoms with Gasteiger partial charge in [0.15, 0.2) is 0 Å². The molecule has 0 aliphatic heterocycles. The lowest BCUT2D eigenvalue weighted by Gasteiger charge is -1.99. The van der Waals surface area contributed by atoms with Crippen molar-refractivity contribution in [3.8, 4) is 0 Å². The molecule has 0 bridgehead atoms. The summed E-state index contributed by atoms with van der Waals surface area (Å²) in [6, 6.07) is 10.0. The molecule has 1 aromatic carbocycles. The summed E-state index contributed by atoms with van der Waals surface area (Å²) >= 11 is 0. The van der Waals surface area contributed by atoms with Crippen molar-refractivity contribution in [3.05, 3.63) is 42.0 Å². The van der Waals surface area contributed by atoms with Crippen molar-refractivity contribution in [2.24, 2.45) is 5.16 Å². The van der Waals surface area contributed by atoms with Crippen LogP contribution in [-0.2, 0) is 0 Å². The van der Waals surface area contributed by atoms with E-state index in [-0.39, 0.29) is 0 Å². The van der Waals surface area contributed by atoms with E-state index in [0.29, 0.717) is 0 Å². The highest BCUT2D eigenvalue weighted by Crippen LogP contribution is 2.06. The number of nitrogens with zero attached hydrogens (tertiary/aromatic N) is 1. The van der Waals surface area contributed by atoms with E-state index < -0.39 is 0 Å². The number of allylic oxidation sites excluding steroid dienone is 1. The molecule has 0 spiro atoms. The van der Waals surface area contributed by atoms with Crippen molar-refractivity contribution in [3.63, 3.8) is 0 Å². The lowest BCUT2D eigenvalue weighted by Crippen LogP contribution is -1.93. The van der Waals surface area contributed by atoms with Crippen molar-refractivity contribution in [1.82, 2.24) is 0 Å². The van der Waals surface area contributed by atoms with Gasteiger partial charge in [0, 0.05) is 0 Å². The summed E-state index contributed by atoms with van der Waals surface area (Å²) in [6.07, 6.45) is 9.49. The molecule has 0 aromatic heterocycles. The Hall–Kier alpha value is -1.57. The van der Waals surface area contributed by atoms with Crippen molar-refractivity contribution in [2.75, 3.05) is 0 Å². The third-order valence-electron chi connectivity index (χ3n) is 2.68. The zero-order valence-electron chi connectivity index (χ0n) is 10.5. The van der Waals surface area contributed by atoms with Crippen LogP contribution in [0.4, 0.5) is 0 Å². The maximum Gasteiger partial charge on any atom is 0.0795 e. The minimum absolute atomic E-state index is 0.755. The quantitative estimate of drug-likeness (QED) is 0.318. The fraction of sp³-hybridized carbons (Fsp3) is 0.400. The molecule has 2 heteroatoms. The first kappa shape index (κ1) is 13.5. The van der Waals surface area contributed by atoms with Gasteiger partial charge in [0.05, 0.1) is 5.71 Å². The number of oxime groups is 1. The van der Waals surface area contributed by atoms with Gasteiger partial charge in [0.25, 0.3) is 0 Å². The number of unbranched alkanes of at least 4 members (excludes halogenated alkanes) is 3. The fourth-order valence-corrected chi connectivity index (χ4v) is 1.66. The second-order valence-electron chi connectivity index (χ2n) is 4.15. The lowest BCUT2D eigenvalue weighted by molar-refractivity contribution is 0.318. The molecule has 0 atom stereocenters. The van der Waals surface area contributed by atoms with E-state index in [1.54, 1.807) is 0 Å². The highest BCUT2D eigenvalue weighted by molar-refractivity contribution is 5.97. The summed E-state index contributed by atoms with van der Waals surface area (Å²) in [7, 11) is 0. The summed E-state index contributed by atoms with van der Waals surface area (Å²) in [6.45, 7) is 2.19. The molecule has 1 rings (SSSR count). The summed E-state index contributed by atoms with van der Waals surface area (Å²) in [5, 5.41) is 12.2. The second-order valence-corrected chi connectivity index (χ2v) is 4.15. The number of benzene rings is 1. The van der Waals surface area contributed by atoms with Crippen molar-refractivity contribution in [2.45, 2.75) is 39.0 Å². The third kappa shape index (κ3) is 5.91. The van der Waals surface area contributed by atoms with Crippen LogP contribution in [0.1, 0.15) is 44.6 Å². The average Bonchev–Trinajstić information content (AvgIpc) is 2.39. The van der Waals surface area contributed by atoms with Crippen molar-refractivity contribution >= 4 is 11.8 Å². The Morgan fingerprint density at radius 2 is 1.94 bits per heavy atom. The van der Waals surface area contributed by atoms with Crippen LogP contribution in [0.3, 0.4) is 0 Å². The van der Waals surface area contributed by atoms with Gasteiger partial charge in [-0.1, -0.05) is 67.7 Å². The van der Waals surface area contributed by atoms with E-state index in [9.17, 15) is 0 Å². The molecular formula is C15H21NO. The van der Waals surface area contributed by atoms with E-state index >= 15 is 0 Å². The molecule has 0 aliphatic rings. The molecular weight excluding hydrogens is 210 g/mol. The summed E-state index contributed by atoms with van der Waals surface area (Å²) in [4.78, 5) is 0. The molecule has 0 amide bonds. The van der Waals surface area contributed by atoms with Gasteiger partial charge in [-0.25, -0.2) is 0 Å². The largest absolute Gasteiger partial charge is 0.411 e. The van der Waals surface area contributed by atoms with E-state index in [4.69, 9.17) is 5.21 Å². The summed E-state index contributed by atoms with van der Waals surface area (Å²) < 4.78 is 0. The van der Waals surface area contributed by atoms with Crippen LogP contribution in [0, 0.1) is 0 Å². The number of hydrogen-bond acceptors (Lipinski definition) is 2. The van der Waals surface area contributed by atoms with Crippen LogP contribution in [0.5, 0.6) is 0 Å². The molecule has 0 aliphatic carbocycles. The number of hydrogen-bond donors (Lipinski definition) is 1. The molecule has 0 radical (unpaired) electrons. The van der Waals surface area contributed by atoms with Crippen LogP contribution in [0.2, 0.25) is 0 Å². The van der Waals surface area contributed by atoms with Crippen LogP contribution >= 0.6 is 0 Å². The molecule has 0 saturated carbocycles. The predicted octanol–water partition coefficient (Wildman–Crippen LogP) is 4.50. The Balaban J connectivity index is 2.39. The van der Waals surface area contributed by atoms with E-state index in [0.717, 1.165) is 24.1 Å². The van der Waals surface area contributed by atoms with Crippen LogP contribution in [0.15, 0.2) is 41.6 Å². The van der Waals surface area contributed by atoms with Gasteiger partial charge in [-0.15, -0.1) is 0 Å². The summed E-state index contributed by atoms with van der Waals surface area (Å²) in [5.41, 5.74) is 1.88. The average molecular weight is 231 g/mol. The molecule has 17 heavy (non-hydrogen) atoms. The lowest BCUT2D eigenvalue weighted by atomic mass is 10.1. The topological polar surface area (TPSA) is 32.6 Å². The van der Waals surface area contributed by atoms with Crippen LogP contribution in [0.25, 0.3) is 6.08 Å². The molecule has 1 N–H and O–H groups in total. The SMILES string of the molecule is CCCCCCC(/C=C/c1ccccc1)=NO. The Bertz CT molecular complexity index is 354. The highest BCUT2D eigenvalue weighted by atomic mass is 16.4. The Morgan fingerprint density at radius 3 is 2.59 bits per heavy atom. The first-order valence-electron chi connectivity index (χ1n) is 6.31. The van der Waals surface area contributed by atoms with E-state index in [1.807, 2.05) is 42.5 Å². The van der Waals surface area contributed by atoms with Crippen LogP contribution in [-0.4, -0.2) is 10.9 Å². The van der Waals surface area contributed by atoms with Crippen molar-refractivity contribution < 1.29 is 5.21 Å². The fourth-order valence-electron chi connectivity index (χ4n) is 1.66. The molecule has 2 nitrogen and oxygen atoms in total. The van der Waals surface area contributed by atoms with Crippen molar-refractivity contribution in [1.29, 1.82) is 0 Å². The highest BCUT2D eigenvalue weighted by Gasteiger charge is 1.95. The maximum atomic E-state index is 8.90. The molecule has 0 heterocycles. The molecule has 0 fully saturated rings. The van der Waals surface area contributed by atoms with E-state index in [2.05, 4.69) is 12.1 Å². The Morgan fingerprint density at radius 1 is 1.18 bits per heavy atom. The third-order valence-corrected chi connectivity index (χ3v) is 2.68. The monoisotopic (exact) mass is 231 g/mol. The molecule has 92 valence electrons. The maximum absolute atomic E-state index is 8.90. The van der Waals surface area contributed by atoms with Gasteiger partial charge in [0.2, 0.25) is 0 Å². The Labute approximate surface area is 104 Å². The van der Waals surface area contributed by atoms with Gasteiger partial charge >= 0.3 is 0 Å². The Kier molecular flexibility index (Phi) is 6.80. The molecule has 0 saturated heterocycles. The van der Waals surface area contributed by atoms with Gasteiger partial charge in [-0.2, -0.15) is 0 Å². The number of rotatable bonds is 7. The summed E-state index contributed by atoms with van der Waals surface area (Å²) in [5.74, 6) is 0. The standard InChI is InChI=1S/C15H21NO/c1-2-3-4-8-11-15(16-17)13-12-14-9-6-5-7-10-14/h5-7,9-10,12-13,17H,2-4,8,11H2,1H3/b13-12+,16-15?. The van der Waals surface area contributed by atoms with Gasteiger partial charge in [-0.05, 0) is 24.5 Å². The minimum Gasteiger partial charge on any atom is -0.411 e. The van der Waals surface area contributed by atoms with Gasteiger partial charge in [-0.3, -0.25) is 0 Å². The smallest absolute Gasteiger partial charge is 0.0795 e. The molecule has 0 unspecified atom stereocenters. The zero-order valence-corrected chi connectivity index (χ0v) is 10.5. The zero-order chi connectivity index (χ0) is 12.3. The van der Waals surface area contributed by atoms with E-state index in [1.165, 1.54) is 19.3 Å². The normalized spacial score (nSPS) is 12.2.